The second kappa shape index (κ2) is 5.25. The summed E-state index contributed by atoms with van der Waals surface area (Å²) < 4.78 is 2.12. The van der Waals surface area contributed by atoms with E-state index in [1.807, 2.05) is 12.1 Å². The molecular formula is C15H20N4O. The van der Waals surface area contributed by atoms with Crippen molar-refractivity contribution < 1.29 is 4.79 Å². The summed E-state index contributed by atoms with van der Waals surface area (Å²) in [5.74, 6) is 0.603. The summed E-state index contributed by atoms with van der Waals surface area (Å²) in [6.07, 6.45) is 1.87. The molecule has 1 saturated heterocycles. The Morgan fingerprint density at radius 2 is 2.35 bits per heavy atom. The molecule has 1 aromatic heterocycles. The quantitative estimate of drug-likeness (QED) is 0.841. The first-order valence-corrected chi connectivity index (χ1v) is 7.11. The number of nitrogens with zero attached hydrogens (tertiary/aromatic N) is 2. The Morgan fingerprint density at radius 1 is 1.50 bits per heavy atom. The lowest BCUT2D eigenvalue weighted by molar-refractivity contribution is -0.105. The monoisotopic (exact) mass is 272 g/mol. The molecule has 5 heteroatoms. The van der Waals surface area contributed by atoms with Gasteiger partial charge in [-0.3, -0.25) is 9.48 Å². The standard InChI is InChI=1S/C15H20N4O/c1-10-6-7-16-8-14(10)19-11(2)12-4-3-5-13(17-9-20)15(12)18-19/h3-5,9-10,14,16H,6-8H2,1-2H3,(H,17,20). The van der Waals surface area contributed by atoms with E-state index in [-0.39, 0.29) is 0 Å². The average Bonchev–Trinajstić information content (AvgIpc) is 2.79. The molecule has 5 nitrogen and oxygen atoms in total. The summed E-state index contributed by atoms with van der Waals surface area (Å²) in [5, 5.41) is 12.0. The van der Waals surface area contributed by atoms with Crippen LogP contribution in [0.3, 0.4) is 0 Å². The Kier molecular flexibility index (Phi) is 3.44. The highest BCUT2D eigenvalue weighted by molar-refractivity contribution is 5.95. The molecule has 2 aromatic rings. The van der Waals surface area contributed by atoms with E-state index < -0.39 is 0 Å². The second-order valence-electron chi connectivity index (χ2n) is 5.53. The van der Waals surface area contributed by atoms with Crippen molar-refractivity contribution in [3.8, 4) is 0 Å². The molecule has 2 atom stereocenters. The summed E-state index contributed by atoms with van der Waals surface area (Å²) in [6.45, 7) is 6.41. The largest absolute Gasteiger partial charge is 0.327 e. The van der Waals surface area contributed by atoms with Gasteiger partial charge in [-0.1, -0.05) is 19.1 Å². The van der Waals surface area contributed by atoms with Gasteiger partial charge in [0.1, 0.15) is 5.52 Å². The number of benzene rings is 1. The number of carbonyl (C=O) groups is 1. The molecule has 1 amide bonds. The zero-order chi connectivity index (χ0) is 14.1. The van der Waals surface area contributed by atoms with Crippen LogP contribution in [-0.2, 0) is 4.79 Å². The molecule has 0 spiro atoms. The molecule has 2 unspecified atom stereocenters. The number of anilines is 1. The van der Waals surface area contributed by atoms with E-state index in [1.54, 1.807) is 0 Å². The maximum absolute atomic E-state index is 10.7. The van der Waals surface area contributed by atoms with Crippen molar-refractivity contribution in [3.05, 3.63) is 23.9 Å². The highest BCUT2D eigenvalue weighted by Crippen LogP contribution is 2.30. The van der Waals surface area contributed by atoms with E-state index in [2.05, 4.69) is 35.2 Å². The maximum atomic E-state index is 10.7. The van der Waals surface area contributed by atoms with Crippen molar-refractivity contribution in [1.29, 1.82) is 0 Å². The third-order valence-electron chi connectivity index (χ3n) is 4.29. The summed E-state index contributed by atoms with van der Waals surface area (Å²) >= 11 is 0. The molecule has 1 aliphatic heterocycles. The predicted octanol–water partition coefficient (Wildman–Crippen LogP) is 2.08. The smallest absolute Gasteiger partial charge is 0.211 e. The minimum Gasteiger partial charge on any atom is -0.327 e. The fraction of sp³-hybridized carbons (Fsp3) is 0.467. The van der Waals surface area contributed by atoms with Crippen molar-refractivity contribution in [3.63, 3.8) is 0 Å². The van der Waals surface area contributed by atoms with Gasteiger partial charge in [0, 0.05) is 17.6 Å². The molecular weight excluding hydrogens is 252 g/mol. The van der Waals surface area contributed by atoms with Crippen LogP contribution in [0.4, 0.5) is 5.69 Å². The molecule has 0 aliphatic carbocycles. The number of amides is 1. The van der Waals surface area contributed by atoms with Crippen LogP contribution in [0.2, 0.25) is 0 Å². The Morgan fingerprint density at radius 3 is 3.10 bits per heavy atom. The third-order valence-corrected chi connectivity index (χ3v) is 4.29. The fourth-order valence-electron chi connectivity index (χ4n) is 3.05. The van der Waals surface area contributed by atoms with Gasteiger partial charge in [0.25, 0.3) is 0 Å². The van der Waals surface area contributed by atoms with Crippen LogP contribution in [0.15, 0.2) is 18.2 Å². The average molecular weight is 272 g/mol. The van der Waals surface area contributed by atoms with E-state index in [9.17, 15) is 4.79 Å². The Bertz CT molecular complexity index is 634. The van der Waals surface area contributed by atoms with Crippen molar-refractivity contribution >= 4 is 23.0 Å². The second-order valence-corrected chi connectivity index (χ2v) is 5.53. The van der Waals surface area contributed by atoms with Crippen molar-refractivity contribution in [2.75, 3.05) is 18.4 Å². The summed E-state index contributed by atoms with van der Waals surface area (Å²) in [6, 6.07) is 6.27. The van der Waals surface area contributed by atoms with E-state index in [0.29, 0.717) is 18.4 Å². The van der Waals surface area contributed by atoms with Gasteiger partial charge in [0.05, 0.1) is 11.7 Å². The molecule has 2 heterocycles. The zero-order valence-corrected chi connectivity index (χ0v) is 11.9. The molecule has 0 saturated carbocycles. The first-order valence-electron chi connectivity index (χ1n) is 7.11. The molecule has 2 N–H and O–H groups in total. The minimum atomic E-state index is 0.375. The minimum absolute atomic E-state index is 0.375. The van der Waals surface area contributed by atoms with Crippen LogP contribution in [0.25, 0.3) is 10.9 Å². The van der Waals surface area contributed by atoms with Gasteiger partial charge in [0.2, 0.25) is 6.41 Å². The van der Waals surface area contributed by atoms with Crippen LogP contribution in [0, 0.1) is 12.8 Å². The Balaban J connectivity index is 2.10. The zero-order valence-electron chi connectivity index (χ0n) is 11.9. The van der Waals surface area contributed by atoms with Gasteiger partial charge in [-0.05, 0) is 31.9 Å². The lowest BCUT2D eigenvalue weighted by Crippen LogP contribution is -2.37. The SMILES string of the molecule is Cc1c2cccc(NC=O)c2nn1C1CNCCC1C. The molecule has 0 radical (unpaired) electrons. The summed E-state index contributed by atoms with van der Waals surface area (Å²) in [5.41, 5.74) is 2.81. The summed E-state index contributed by atoms with van der Waals surface area (Å²) in [7, 11) is 0. The number of nitrogens with one attached hydrogen (secondary N) is 2. The van der Waals surface area contributed by atoms with E-state index in [1.165, 1.54) is 6.42 Å². The number of hydrogen-bond donors (Lipinski definition) is 2. The first-order chi connectivity index (χ1) is 9.72. The first kappa shape index (κ1) is 13.1. The molecule has 3 rings (SSSR count). The molecule has 106 valence electrons. The summed E-state index contributed by atoms with van der Waals surface area (Å²) in [4.78, 5) is 10.7. The van der Waals surface area contributed by atoms with Crippen LogP contribution < -0.4 is 10.6 Å². The number of carbonyl (C=O) groups excluding carboxylic acids is 1. The van der Waals surface area contributed by atoms with Gasteiger partial charge in [-0.15, -0.1) is 0 Å². The predicted molar refractivity (Wildman–Crippen MR) is 79.8 cm³/mol. The molecule has 20 heavy (non-hydrogen) atoms. The van der Waals surface area contributed by atoms with E-state index in [0.717, 1.165) is 35.4 Å². The van der Waals surface area contributed by atoms with E-state index >= 15 is 0 Å². The van der Waals surface area contributed by atoms with Gasteiger partial charge in [-0.25, -0.2) is 0 Å². The Hall–Kier alpha value is -1.88. The van der Waals surface area contributed by atoms with Crippen LogP contribution in [0.5, 0.6) is 0 Å². The number of aromatic nitrogens is 2. The maximum Gasteiger partial charge on any atom is 0.211 e. The molecule has 1 aromatic carbocycles. The topological polar surface area (TPSA) is 59.0 Å². The van der Waals surface area contributed by atoms with Gasteiger partial charge in [-0.2, -0.15) is 5.10 Å². The number of fused-ring (bicyclic) bond motifs is 1. The number of hydrogen-bond acceptors (Lipinski definition) is 3. The van der Waals surface area contributed by atoms with Gasteiger partial charge in [0.15, 0.2) is 0 Å². The van der Waals surface area contributed by atoms with Crippen LogP contribution in [-0.4, -0.2) is 29.3 Å². The van der Waals surface area contributed by atoms with Crippen molar-refractivity contribution in [1.82, 2.24) is 15.1 Å². The fourth-order valence-corrected chi connectivity index (χ4v) is 3.05. The Labute approximate surface area is 118 Å². The van der Waals surface area contributed by atoms with Crippen LogP contribution >= 0.6 is 0 Å². The lowest BCUT2D eigenvalue weighted by atomic mass is 9.95. The van der Waals surface area contributed by atoms with E-state index in [4.69, 9.17) is 5.10 Å². The van der Waals surface area contributed by atoms with Crippen LogP contribution in [0.1, 0.15) is 25.1 Å². The number of piperidine rings is 1. The molecule has 1 fully saturated rings. The lowest BCUT2D eigenvalue weighted by Gasteiger charge is -2.30. The molecule has 0 bridgehead atoms. The van der Waals surface area contributed by atoms with Crippen molar-refractivity contribution in [2.24, 2.45) is 5.92 Å². The normalized spacial score (nSPS) is 22.9. The van der Waals surface area contributed by atoms with Crippen molar-refractivity contribution in [2.45, 2.75) is 26.3 Å². The van der Waals surface area contributed by atoms with Gasteiger partial charge < -0.3 is 10.6 Å². The highest BCUT2D eigenvalue weighted by atomic mass is 16.1. The highest BCUT2D eigenvalue weighted by Gasteiger charge is 2.25. The number of rotatable bonds is 3. The third kappa shape index (κ3) is 2.08. The molecule has 1 aliphatic rings. The van der Waals surface area contributed by atoms with Gasteiger partial charge >= 0.3 is 0 Å². The number of aryl methyl sites for hydroxylation is 1.